The predicted octanol–water partition coefficient (Wildman–Crippen LogP) is 3.30. The predicted molar refractivity (Wildman–Crippen MR) is 114 cm³/mol. The summed E-state index contributed by atoms with van der Waals surface area (Å²) < 4.78 is 52.4. The zero-order chi connectivity index (χ0) is 22.7. The zero-order valence-electron chi connectivity index (χ0n) is 17.0. The Kier molecular flexibility index (Phi) is 5.01. The Morgan fingerprint density at radius 2 is 1.84 bits per heavy atom. The number of carbonyl (C=O) groups excluding carboxylic acids is 1. The van der Waals surface area contributed by atoms with Crippen molar-refractivity contribution in [2.24, 2.45) is 0 Å². The second-order valence-electron chi connectivity index (χ2n) is 7.67. The summed E-state index contributed by atoms with van der Waals surface area (Å²) in [6.07, 6.45) is 0. The number of likely N-dealkylation sites (tertiary alicyclic amines) is 1. The highest BCUT2D eigenvalue weighted by Gasteiger charge is 2.48. The number of benzene rings is 1. The molecule has 4 rings (SSSR count). The lowest BCUT2D eigenvalue weighted by Crippen LogP contribution is -2.58. The summed E-state index contributed by atoms with van der Waals surface area (Å²) in [6, 6.07) is 4.99. The zero-order valence-corrected chi connectivity index (χ0v) is 18.7. The number of rotatable bonds is 4. The van der Waals surface area contributed by atoms with Crippen LogP contribution >= 0.6 is 11.3 Å². The van der Waals surface area contributed by atoms with E-state index in [1.165, 1.54) is 29.2 Å². The molecule has 0 spiro atoms. The Morgan fingerprint density at radius 1 is 1.23 bits per heavy atom. The molecule has 3 heterocycles. The molecule has 31 heavy (non-hydrogen) atoms. The lowest BCUT2D eigenvalue weighted by Gasteiger charge is -2.44. The summed E-state index contributed by atoms with van der Waals surface area (Å²) in [5.41, 5.74) is 4.42. The molecule has 1 aliphatic heterocycles. The maximum atomic E-state index is 15.3. The van der Waals surface area contributed by atoms with E-state index in [4.69, 9.17) is 5.73 Å². The standard InChI is InChI=1S/C20H20F2N4O3S2/c1-10-11(2)24-25-18-15(10)16(23)17(30-18)19(27)26-8-20(22,9-26)13-4-6-14(7-5-13)31(28,29)12(3)21/h4-7,12H,8-9,23H2,1-3H3. The van der Waals surface area contributed by atoms with Crippen molar-refractivity contribution in [3.63, 3.8) is 0 Å². The van der Waals surface area contributed by atoms with Gasteiger partial charge in [0.2, 0.25) is 15.3 Å². The van der Waals surface area contributed by atoms with Crippen molar-refractivity contribution in [1.82, 2.24) is 15.1 Å². The third-order valence-corrected chi connectivity index (χ3v) is 8.49. The second-order valence-corrected chi connectivity index (χ2v) is 10.9. The van der Waals surface area contributed by atoms with E-state index in [2.05, 4.69) is 10.2 Å². The SMILES string of the molecule is Cc1nnc2sc(C(=O)N3CC(F)(c4ccc(S(=O)(=O)C(C)F)cc4)C3)c(N)c2c1C. The fourth-order valence-corrected chi connectivity index (χ4v) is 5.52. The van der Waals surface area contributed by atoms with Gasteiger partial charge >= 0.3 is 0 Å². The number of hydrogen-bond donors (Lipinski definition) is 1. The molecule has 11 heteroatoms. The first kappa shape index (κ1) is 21.6. The van der Waals surface area contributed by atoms with Crippen LogP contribution in [0.4, 0.5) is 14.5 Å². The lowest BCUT2D eigenvalue weighted by molar-refractivity contribution is -0.0228. The summed E-state index contributed by atoms with van der Waals surface area (Å²) in [6.45, 7) is 4.19. The van der Waals surface area contributed by atoms with Crippen LogP contribution in [-0.2, 0) is 15.5 Å². The molecule has 0 aliphatic carbocycles. The molecule has 0 saturated carbocycles. The molecule has 1 aliphatic rings. The Hall–Kier alpha value is -2.66. The maximum absolute atomic E-state index is 15.3. The largest absolute Gasteiger partial charge is 0.397 e. The highest BCUT2D eigenvalue weighted by atomic mass is 32.2. The van der Waals surface area contributed by atoms with Crippen molar-refractivity contribution in [2.45, 2.75) is 36.8 Å². The molecule has 1 saturated heterocycles. The topological polar surface area (TPSA) is 106 Å². The highest BCUT2D eigenvalue weighted by molar-refractivity contribution is 7.91. The normalized spacial score (nSPS) is 16.9. The van der Waals surface area contributed by atoms with Crippen molar-refractivity contribution in [3.8, 4) is 0 Å². The van der Waals surface area contributed by atoms with E-state index in [1.807, 2.05) is 6.92 Å². The van der Waals surface area contributed by atoms with Crippen LogP contribution in [0.25, 0.3) is 10.2 Å². The van der Waals surface area contributed by atoms with E-state index < -0.39 is 26.9 Å². The van der Waals surface area contributed by atoms with Crippen molar-refractivity contribution < 1.29 is 22.0 Å². The minimum Gasteiger partial charge on any atom is -0.397 e. The number of hydrogen-bond acceptors (Lipinski definition) is 7. The van der Waals surface area contributed by atoms with Gasteiger partial charge in [-0.05, 0) is 44.0 Å². The molecule has 7 nitrogen and oxygen atoms in total. The van der Waals surface area contributed by atoms with E-state index >= 15 is 4.39 Å². The number of sulfone groups is 1. The molecular weight excluding hydrogens is 446 g/mol. The Balaban J connectivity index is 1.55. The number of nitrogen functional groups attached to an aromatic ring is 1. The summed E-state index contributed by atoms with van der Waals surface area (Å²) in [5, 5.41) is 8.83. The molecule has 1 atom stereocenters. The van der Waals surface area contributed by atoms with Gasteiger partial charge in [-0.2, -0.15) is 5.10 Å². The van der Waals surface area contributed by atoms with Gasteiger partial charge in [0.15, 0.2) is 5.67 Å². The summed E-state index contributed by atoms with van der Waals surface area (Å²) in [5.74, 6) is -0.392. The molecule has 1 amide bonds. The van der Waals surface area contributed by atoms with E-state index in [9.17, 15) is 17.6 Å². The lowest BCUT2D eigenvalue weighted by atomic mass is 9.88. The van der Waals surface area contributed by atoms with E-state index in [0.717, 1.165) is 29.5 Å². The quantitative estimate of drug-likeness (QED) is 0.632. The Morgan fingerprint density at radius 3 is 2.42 bits per heavy atom. The third kappa shape index (κ3) is 3.35. The van der Waals surface area contributed by atoms with Gasteiger partial charge in [0, 0.05) is 5.39 Å². The molecule has 1 aromatic carbocycles. The van der Waals surface area contributed by atoms with Gasteiger partial charge in [-0.3, -0.25) is 4.79 Å². The minimum absolute atomic E-state index is 0.200. The van der Waals surface area contributed by atoms with E-state index in [0.29, 0.717) is 20.8 Å². The third-order valence-electron chi connectivity index (χ3n) is 5.63. The van der Waals surface area contributed by atoms with Gasteiger partial charge in [0.1, 0.15) is 9.71 Å². The van der Waals surface area contributed by atoms with Crippen molar-refractivity contribution in [1.29, 1.82) is 0 Å². The van der Waals surface area contributed by atoms with Gasteiger partial charge in [0.25, 0.3) is 5.91 Å². The first-order valence-corrected chi connectivity index (χ1v) is 11.8. The molecular formula is C20H20F2N4O3S2. The van der Waals surface area contributed by atoms with Crippen LogP contribution in [-0.4, -0.2) is 48.0 Å². The molecule has 1 fully saturated rings. The van der Waals surface area contributed by atoms with Crippen LogP contribution < -0.4 is 5.73 Å². The number of fused-ring (bicyclic) bond motifs is 1. The number of halogens is 2. The average Bonchev–Trinajstić information content (AvgIpc) is 3.05. The molecule has 1 unspecified atom stereocenters. The van der Waals surface area contributed by atoms with Crippen LogP contribution in [0.5, 0.6) is 0 Å². The highest BCUT2D eigenvalue weighted by Crippen LogP contribution is 2.41. The smallest absolute Gasteiger partial charge is 0.266 e. The first-order chi connectivity index (χ1) is 14.5. The van der Waals surface area contributed by atoms with Crippen molar-refractivity contribution in [3.05, 3.63) is 46.0 Å². The number of carbonyl (C=O) groups is 1. The Labute approximate surface area is 181 Å². The van der Waals surface area contributed by atoms with Crippen molar-refractivity contribution >= 4 is 43.0 Å². The van der Waals surface area contributed by atoms with Crippen LogP contribution in [0.3, 0.4) is 0 Å². The number of nitrogens with two attached hydrogens (primary N) is 1. The van der Waals surface area contributed by atoms with E-state index in [-0.39, 0.29) is 23.5 Å². The number of anilines is 1. The van der Waals surface area contributed by atoms with Gasteiger partial charge in [-0.25, -0.2) is 17.2 Å². The molecule has 2 N–H and O–H groups in total. The summed E-state index contributed by atoms with van der Waals surface area (Å²) in [4.78, 5) is 14.9. The van der Waals surface area contributed by atoms with Gasteiger partial charge in [0.05, 0.1) is 29.4 Å². The number of nitrogens with zero attached hydrogens (tertiary/aromatic N) is 3. The van der Waals surface area contributed by atoms with Gasteiger partial charge in [-0.1, -0.05) is 12.1 Å². The van der Waals surface area contributed by atoms with Crippen LogP contribution in [0, 0.1) is 13.8 Å². The molecule has 3 aromatic rings. The van der Waals surface area contributed by atoms with Crippen LogP contribution in [0.15, 0.2) is 29.2 Å². The fraction of sp³-hybridized carbons (Fsp3) is 0.350. The molecule has 164 valence electrons. The van der Waals surface area contributed by atoms with Crippen molar-refractivity contribution in [2.75, 3.05) is 18.8 Å². The number of amides is 1. The minimum atomic E-state index is -4.09. The molecule has 0 bridgehead atoms. The number of alkyl halides is 2. The summed E-state index contributed by atoms with van der Waals surface area (Å²) >= 11 is 1.12. The average molecular weight is 467 g/mol. The second kappa shape index (κ2) is 7.20. The summed E-state index contributed by atoms with van der Waals surface area (Å²) in [7, 11) is -4.09. The number of thiophene rings is 1. The van der Waals surface area contributed by atoms with Gasteiger partial charge in [-0.15, -0.1) is 16.4 Å². The maximum Gasteiger partial charge on any atom is 0.266 e. The molecule has 0 radical (unpaired) electrons. The first-order valence-electron chi connectivity index (χ1n) is 9.44. The number of aryl methyl sites for hydroxylation is 2. The van der Waals surface area contributed by atoms with E-state index in [1.54, 1.807) is 6.92 Å². The Bertz CT molecular complexity index is 1300. The molecule has 2 aromatic heterocycles. The fourth-order valence-electron chi connectivity index (χ4n) is 3.56. The number of aromatic nitrogens is 2. The van der Waals surface area contributed by atoms with Crippen LogP contribution in [0.1, 0.15) is 33.4 Å². The monoisotopic (exact) mass is 466 g/mol. The van der Waals surface area contributed by atoms with Gasteiger partial charge < -0.3 is 10.6 Å². The van der Waals surface area contributed by atoms with Crippen LogP contribution in [0.2, 0.25) is 0 Å².